The second-order valence-electron chi connectivity index (χ2n) is 1.26. The van der Waals surface area contributed by atoms with Crippen molar-refractivity contribution in [3.05, 3.63) is 36.4 Å². The van der Waals surface area contributed by atoms with E-state index in [2.05, 4.69) is 22.6 Å². The molecule has 0 amide bonds. The second kappa shape index (κ2) is 8.24. The summed E-state index contributed by atoms with van der Waals surface area (Å²) < 4.78 is 0.692. The van der Waals surface area contributed by atoms with Crippen LogP contribution >= 0.6 is 34.2 Å². The van der Waals surface area contributed by atoms with Gasteiger partial charge < -0.3 is 0 Å². The highest BCUT2D eigenvalue weighted by Gasteiger charge is 1.57. The van der Waals surface area contributed by atoms with Gasteiger partial charge in [-0.05, 0) is 0 Å². The van der Waals surface area contributed by atoms with Crippen LogP contribution in [-0.2, 0) is 0 Å². The van der Waals surface area contributed by atoms with Gasteiger partial charge in [-0.1, -0.05) is 59.0 Å². The highest BCUT2D eigenvalue weighted by molar-refractivity contribution is 14.1. The summed E-state index contributed by atoms with van der Waals surface area (Å²) in [5.74, 6) is 0. The van der Waals surface area contributed by atoms with Crippen LogP contribution in [0.5, 0.6) is 0 Å². The molecule has 0 aliphatic carbocycles. The first kappa shape index (κ1) is 9.24. The van der Waals surface area contributed by atoms with Gasteiger partial charge in [0, 0.05) is 0 Å². The Kier molecular flexibility index (Phi) is 8.46. The van der Waals surface area contributed by atoms with Gasteiger partial charge in [-0.25, -0.2) is 0 Å². The molecule has 0 saturated carbocycles. The van der Waals surface area contributed by atoms with Crippen molar-refractivity contribution in [1.82, 2.24) is 0 Å². The zero-order valence-electron chi connectivity index (χ0n) is 4.93. The number of hydrogen-bond acceptors (Lipinski definition) is 0. The van der Waals surface area contributed by atoms with E-state index in [4.69, 9.17) is 11.6 Å². The third kappa shape index (κ3) is 8.24. The molecule has 0 unspecified atom stereocenters. The molecule has 0 aliphatic rings. The van der Waals surface area contributed by atoms with Gasteiger partial charge in [0.15, 0.2) is 0 Å². The van der Waals surface area contributed by atoms with E-state index in [1.54, 1.807) is 0 Å². The molecule has 0 radical (unpaired) electrons. The first-order valence-corrected chi connectivity index (χ1v) is 4.59. The molecule has 0 atom stereocenters. The van der Waals surface area contributed by atoms with E-state index in [-0.39, 0.29) is 0 Å². The molecule has 50 valence electrons. The van der Waals surface area contributed by atoms with Crippen molar-refractivity contribution in [3.8, 4) is 0 Å². The zero-order chi connectivity index (χ0) is 6.95. The number of alkyl halides is 2. The predicted octanol–water partition coefficient (Wildman–Crippen LogP) is 3.30. The highest BCUT2D eigenvalue weighted by Crippen LogP contribution is 1.80. The summed E-state index contributed by atoms with van der Waals surface area (Å²) in [6.45, 7) is 0. The number of rotatable bonds is 0. The lowest BCUT2D eigenvalue weighted by Crippen LogP contribution is -1.47. The predicted molar refractivity (Wildman–Crippen MR) is 51.2 cm³/mol. The molecule has 0 aromatic heterocycles. The van der Waals surface area contributed by atoms with Crippen LogP contribution in [0, 0.1) is 0 Å². The summed E-state index contributed by atoms with van der Waals surface area (Å²) in [5.41, 5.74) is 0. The fraction of sp³-hybridized carbons (Fsp3) is 0.143. The number of benzene rings is 1. The third-order valence-electron chi connectivity index (χ3n) is 0.667. The molecule has 1 aromatic rings. The van der Waals surface area contributed by atoms with E-state index in [0.717, 1.165) is 0 Å². The highest BCUT2D eigenvalue weighted by atomic mass is 127. The van der Waals surface area contributed by atoms with Crippen molar-refractivity contribution in [3.63, 3.8) is 0 Å². The molecule has 0 heterocycles. The van der Waals surface area contributed by atoms with Gasteiger partial charge in [0.1, 0.15) is 0 Å². The number of hydrogen-bond donors (Lipinski definition) is 0. The van der Waals surface area contributed by atoms with E-state index in [0.29, 0.717) is 3.89 Å². The Labute approximate surface area is 74.4 Å². The van der Waals surface area contributed by atoms with Crippen LogP contribution < -0.4 is 0 Å². The lowest BCUT2D eigenvalue weighted by atomic mass is 10.4. The Morgan fingerprint density at radius 1 is 0.889 bits per heavy atom. The quantitative estimate of drug-likeness (QED) is 0.492. The summed E-state index contributed by atoms with van der Waals surface area (Å²) in [7, 11) is 0. The minimum atomic E-state index is 0.692. The summed E-state index contributed by atoms with van der Waals surface area (Å²) >= 11 is 7.04. The van der Waals surface area contributed by atoms with Gasteiger partial charge in [0.2, 0.25) is 0 Å². The van der Waals surface area contributed by atoms with Crippen molar-refractivity contribution >= 4 is 34.2 Å². The van der Waals surface area contributed by atoms with Crippen LogP contribution in [0.3, 0.4) is 0 Å². The minimum absolute atomic E-state index is 0.692. The largest absolute Gasteiger partial charge is 0.115 e. The van der Waals surface area contributed by atoms with E-state index in [9.17, 15) is 0 Å². The monoisotopic (exact) mass is 254 g/mol. The zero-order valence-corrected chi connectivity index (χ0v) is 7.84. The minimum Gasteiger partial charge on any atom is -0.115 e. The fourth-order valence-corrected chi connectivity index (χ4v) is 0.385. The molecule has 1 rings (SSSR count). The number of halogens is 2. The summed E-state index contributed by atoms with van der Waals surface area (Å²) in [6, 6.07) is 12.0. The van der Waals surface area contributed by atoms with Crippen LogP contribution in [0.2, 0.25) is 0 Å². The van der Waals surface area contributed by atoms with Crippen LogP contribution in [0.4, 0.5) is 0 Å². The topological polar surface area (TPSA) is 0 Å². The van der Waals surface area contributed by atoms with Gasteiger partial charge in [-0.2, -0.15) is 0 Å². The summed E-state index contributed by atoms with van der Waals surface area (Å²) in [4.78, 5) is 0. The van der Waals surface area contributed by atoms with Crippen LogP contribution in [0.1, 0.15) is 0 Å². The van der Waals surface area contributed by atoms with Crippen molar-refractivity contribution in [1.29, 1.82) is 0 Å². The third-order valence-corrected chi connectivity index (χ3v) is 0.667. The lowest BCUT2D eigenvalue weighted by Gasteiger charge is -1.69. The molecule has 0 fully saturated rings. The van der Waals surface area contributed by atoms with Gasteiger partial charge in [-0.15, -0.1) is 11.6 Å². The SMILES string of the molecule is ClCI.c1ccccc1. The molecule has 0 nitrogen and oxygen atoms in total. The Morgan fingerprint density at radius 3 is 1.11 bits per heavy atom. The van der Waals surface area contributed by atoms with Gasteiger partial charge in [0.05, 0.1) is 3.89 Å². The first-order valence-electron chi connectivity index (χ1n) is 2.53. The van der Waals surface area contributed by atoms with E-state index in [1.807, 2.05) is 36.4 Å². The molecular formula is C7H8ClI. The Balaban J connectivity index is 0.000000187. The molecule has 0 aliphatic heterocycles. The van der Waals surface area contributed by atoms with Crippen LogP contribution in [-0.4, -0.2) is 3.89 Å². The maximum Gasteiger partial charge on any atom is 0.0742 e. The Hall–Kier alpha value is 0.240. The Morgan fingerprint density at radius 2 is 1.00 bits per heavy atom. The van der Waals surface area contributed by atoms with Crippen LogP contribution in [0.25, 0.3) is 0 Å². The van der Waals surface area contributed by atoms with Crippen LogP contribution in [0.15, 0.2) is 36.4 Å². The van der Waals surface area contributed by atoms with E-state index < -0.39 is 0 Å². The van der Waals surface area contributed by atoms with Crippen molar-refractivity contribution in [2.45, 2.75) is 0 Å². The molecule has 0 bridgehead atoms. The smallest absolute Gasteiger partial charge is 0.0742 e. The maximum atomic E-state index is 4.99. The lowest BCUT2D eigenvalue weighted by molar-refractivity contribution is 1.72. The molecule has 0 spiro atoms. The molecule has 0 saturated heterocycles. The summed E-state index contributed by atoms with van der Waals surface area (Å²) in [5, 5.41) is 0. The van der Waals surface area contributed by atoms with Crippen molar-refractivity contribution in [2.75, 3.05) is 3.89 Å². The second-order valence-corrected chi connectivity index (χ2v) is 3.19. The van der Waals surface area contributed by atoms with Crippen molar-refractivity contribution in [2.24, 2.45) is 0 Å². The van der Waals surface area contributed by atoms with Crippen molar-refractivity contribution < 1.29 is 0 Å². The average Bonchev–Trinajstić information content (AvgIpc) is 1.93. The summed E-state index contributed by atoms with van der Waals surface area (Å²) in [6.07, 6.45) is 0. The molecule has 1 aromatic carbocycles. The normalized spacial score (nSPS) is 7.33. The van der Waals surface area contributed by atoms with Gasteiger partial charge in [0.25, 0.3) is 0 Å². The van der Waals surface area contributed by atoms with E-state index in [1.165, 1.54) is 0 Å². The van der Waals surface area contributed by atoms with E-state index >= 15 is 0 Å². The maximum absolute atomic E-state index is 4.99. The standard InChI is InChI=1S/C6H6.CH2ClI/c1-2-4-6-5-3-1;2-1-3/h1-6H;1H2. The average molecular weight is 254 g/mol. The Bertz CT molecular complexity index is 91.8. The molecule has 0 N–H and O–H groups in total. The van der Waals surface area contributed by atoms with Gasteiger partial charge in [-0.3, -0.25) is 0 Å². The first-order chi connectivity index (χ1) is 4.41. The molecule has 9 heavy (non-hydrogen) atoms. The molecular weight excluding hydrogens is 246 g/mol. The fourth-order valence-electron chi connectivity index (χ4n) is 0.385. The van der Waals surface area contributed by atoms with Gasteiger partial charge >= 0.3 is 0 Å². The molecule has 2 heteroatoms.